The summed E-state index contributed by atoms with van der Waals surface area (Å²) in [4.78, 5) is 22.1. The highest BCUT2D eigenvalue weighted by atomic mass is 32.2. The lowest BCUT2D eigenvalue weighted by Crippen LogP contribution is -2.45. The van der Waals surface area contributed by atoms with Crippen molar-refractivity contribution in [2.45, 2.75) is 4.21 Å². The molecule has 3 aromatic rings. The van der Waals surface area contributed by atoms with Crippen LogP contribution in [0.3, 0.4) is 0 Å². The third kappa shape index (κ3) is 4.87. The molecule has 2 aliphatic heterocycles. The molecule has 2 aliphatic rings. The number of hydrogen-bond acceptors (Lipinski definition) is 9. The molecule has 184 valence electrons. The quantitative estimate of drug-likeness (QED) is 0.109. The zero-order valence-corrected chi connectivity index (χ0v) is 21.3. The molecule has 0 saturated carbocycles. The van der Waals surface area contributed by atoms with Gasteiger partial charge >= 0.3 is 0 Å². The number of piperazine rings is 1. The smallest absolute Gasteiger partial charge is 0.269 e. The number of likely N-dealkylation sites (N-methyl/N-ethyl adjacent to an activating group) is 1. The fraction of sp³-hybridized carbons (Fsp3) is 0.375. The molecule has 0 amide bonds. The number of benzene rings is 1. The first-order valence-corrected chi connectivity index (χ1v) is 13.4. The maximum absolute atomic E-state index is 11.1. The van der Waals surface area contributed by atoms with Gasteiger partial charge in [0.25, 0.3) is 5.69 Å². The van der Waals surface area contributed by atoms with Crippen molar-refractivity contribution in [2.75, 3.05) is 59.4 Å². The Morgan fingerprint density at radius 1 is 1.17 bits per heavy atom. The number of thiophene rings is 1. The lowest BCUT2D eigenvalue weighted by Gasteiger charge is -2.32. The molecule has 35 heavy (non-hydrogen) atoms. The van der Waals surface area contributed by atoms with Crippen molar-refractivity contribution in [1.29, 1.82) is 0 Å². The predicted octanol–water partition coefficient (Wildman–Crippen LogP) is 4.14. The Bertz CT molecular complexity index is 1230. The van der Waals surface area contributed by atoms with Crippen LogP contribution in [0.15, 0.2) is 52.0 Å². The molecule has 0 spiro atoms. The second kappa shape index (κ2) is 10.5. The molecule has 0 aliphatic carbocycles. The minimum absolute atomic E-state index is 0.0799. The largest absolute Gasteiger partial charge is 0.366 e. The molecule has 0 bridgehead atoms. The van der Waals surface area contributed by atoms with E-state index in [-0.39, 0.29) is 17.4 Å². The maximum atomic E-state index is 11.1. The fourth-order valence-corrected chi connectivity index (χ4v) is 6.41. The molecular weight excluding hydrogens is 486 g/mol. The number of nitrogens with zero attached hydrogens (tertiary/aromatic N) is 5. The summed E-state index contributed by atoms with van der Waals surface area (Å²) in [5.41, 5.74) is 4.84. The number of oxime groups is 1. The third-order valence-electron chi connectivity index (χ3n) is 6.29. The number of aromatic nitrogens is 1. The van der Waals surface area contributed by atoms with Gasteiger partial charge in [0.15, 0.2) is 0 Å². The van der Waals surface area contributed by atoms with E-state index in [0.717, 1.165) is 70.0 Å². The van der Waals surface area contributed by atoms with Crippen LogP contribution in [-0.2, 0) is 9.57 Å². The lowest BCUT2D eigenvalue weighted by atomic mass is 10.1. The molecule has 1 fully saturated rings. The van der Waals surface area contributed by atoms with Crippen LogP contribution < -0.4 is 0 Å². The maximum Gasteiger partial charge on any atom is 0.269 e. The van der Waals surface area contributed by atoms with Crippen LogP contribution in [0.5, 0.6) is 0 Å². The van der Waals surface area contributed by atoms with Crippen LogP contribution in [0.1, 0.15) is 10.6 Å². The number of thioether (sulfide) groups is 1. The fourth-order valence-electron chi connectivity index (χ4n) is 4.37. The monoisotopic (exact) mass is 513 g/mol. The second-order valence-corrected chi connectivity index (χ2v) is 10.5. The molecule has 1 saturated heterocycles. The highest BCUT2D eigenvalue weighted by Crippen LogP contribution is 2.48. The van der Waals surface area contributed by atoms with Gasteiger partial charge in [0.05, 0.1) is 32.0 Å². The Morgan fingerprint density at radius 2 is 1.94 bits per heavy atom. The van der Waals surface area contributed by atoms with Crippen molar-refractivity contribution in [1.82, 2.24) is 14.4 Å². The first kappa shape index (κ1) is 24.0. The summed E-state index contributed by atoms with van der Waals surface area (Å²) in [6, 6.07) is 10.7. The van der Waals surface area contributed by atoms with Crippen LogP contribution in [0.4, 0.5) is 5.69 Å². The van der Waals surface area contributed by atoms with Gasteiger partial charge < -0.3 is 19.0 Å². The van der Waals surface area contributed by atoms with E-state index in [1.807, 2.05) is 36.7 Å². The Balaban J connectivity index is 1.31. The molecular formula is C24H27N5O4S2. The Labute approximate surface area is 212 Å². The van der Waals surface area contributed by atoms with E-state index in [9.17, 15) is 10.1 Å². The molecule has 5 rings (SSSR count). The van der Waals surface area contributed by atoms with Gasteiger partial charge in [-0.3, -0.25) is 15.0 Å². The minimum atomic E-state index is -0.378. The van der Waals surface area contributed by atoms with Crippen LogP contribution in [-0.4, -0.2) is 84.4 Å². The number of hydrogen-bond donors (Lipinski definition) is 0. The molecule has 4 heterocycles. The number of non-ortho nitro benzene ring substituents is 1. The molecule has 0 atom stereocenters. The summed E-state index contributed by atoms with van der Waals surface area (Å²) in [7, 11) is 2.15. The van der Waals surface area contributed by atoms with Crippen molar-refractivity contribution in [3.8, 4) is 16.8 Å². The summed E-state index contributed by atoms with van der Waals surface area (Å²) < 4.78 is 8.92. The van der Waals surface area contributed by atoms with Crippen LogP contribution in [0, 0.1) is 10.1 Å². The van der Waals surface area contributed by atoms with Crippen molar-refractivity contribution >= 4 is 34.5 Å². The van der Waals surface area contributed by atoms with E-state index >= 15 is 0 Å². The van der Waals surface area contributed by atoms with Gasteiger partial charge in [-0.05, 0) is 43.1 Å². The normalized spacial score (nSPS) is 17.0. The summed E-state index contributed by atoms with van der Waals surface area (Å²) >= 11 is 3.31. The zero-order valence-electron chi connectivity index (χ0n) is 19.7. The average Bonchev–Trinajstić information content (AvgIpc) is 3.55. The summed E-state index contributed by atoms with van der Waals surface area (Å²) in [6.07, 6.45) is 4.04. The summed E-state index contributed by atoms with van der Waals surface area (Å²) in [5.74, 6) is 0. The molecule has 9 nitrogen and oxygen atoms in total. The van der Waals surface area contributed by atoms with E-state index in [1.54, 1.807) is 35.2 Å². The van der Waals surface area contributed by atoms with E-state index in [0.29, 0.717) is 6.61 Å². The Hall–Kier alpha value is -2.70. The van der Waals surface area contributed by atoms with Gasteiger partial charge in [0.1, 0.15) is 5.71 Å². The van der Waals surface area contributed by atoms with Crippen molar-refractivity contribution in [2.24, 2.45) is 5.16 Å². The Morgan fingerprint density at radius 3 is 2.66 bits per heavy atom. The zero-order chi connectivity index (χ0) is 24.4. The predicted molar refractivity (Wildman–Crippen MR) is 139 cm³/mol. The highest BCUT2D eigenvalue weighted by Gasteiger charge is 2.33. The van der Waals surface area contributed by atoms with Crippen LogP contribution in [0.25, 0.3) is 16.8 Å². The lowest BCUT2D eigenvalue weighted by molar-refractivity contribution is -0.384. The van der Waals surface area contributed by atoms with Crippen molar-refractivity contribution < 1.29 is 14.5 Å². The standard InChI is InChI=1S/C24H27N5O4S2/c1-26-10-12-27(13-11-26)14-15-32-16-33-25-21-19-4-3-9-28(19)22-20(24(34-2)35-23(21)22)17-5-7-18(8-6-17)29(30)31/h3-9H,10-16H2,1-2H3/b25-21+. The van der Waals surface area contributed by atoms with Gasteiger partial charge in [-0.1, -0.05) is 5.16 Å². The van der Waals surface area contributed by atoms with Gasteiger partial charge in [-0.2, -0.15) is 0 Å². The highest BCUT2D eigenvalue weighted by molar-refractivity contribution is 8.00. The SMILES string of the molecule is CSc1sc2c(c1-c1ccc([N+](=O)[O-])cc1)-n1cccc1/C2=N\OCOCCN1CCN(C)CC1. The van der Waals surface area contributed by atoms with E-state index in [4.69, 9.17) is 9.57 Å². The minimum Gasteiger partial charge on any atom is -0.366 e. The first-order chi connectivity index (χ1) is 17.1. The topological polar surface area (TPSA) is 85.4 Å². The number of rotatable bonds is 9. The van der Waals surface area contributed by atoms with Gasteiger partial charge in [-0.15, -0.1) is 23.1 Å². The van der Waals surface area contributed by atoms with E-state index in [1.165, 1.54) is 0 Å². The molecule has 0 unspecified atom stereocenters. The summed E-state index contributed by atoms with van der Waals surface area (Å²) in [6.45, 7) is 5.91. The molecule has 0 N–H and O–H groups in total. The average molecular weight is 514 g/mol. The summed E-state index contributed by atoms with van der Waals surface area (Å²) in [5, 5.41) is 15.5. The van der Waals surface area contributed by atoms with Crippen molar-refractivity contribution in [3.63, 3.8) is 0 Å². The van der Waals surface area contributed by atoms with Crippen molar-refractivity contribution in [3.05, 3.63) is 63.3 Å². The number of nitro benzene ring substituents is 1. The van der Waals surface area contributed by atoms with Gasteiger partial charge in [0, 0.05) is 56.6 Å². The number of nitro groups is 1. The molecule has 1 aromatic carbocycles. The number of ether oxygens (including phenoxy) is 1. The van der Waals surface area contributed by atoms with Crippen LogP contribution >= 0.6 is 23.1 Å². The van der Waals surface area contributed by atoms with Gasteiger partial charge in [-0.25, -0.2) is 0 Å². The Kier molecular flexibility index (Phi) is 7.21. The van der Waals surface area contributed by atoms with Gasteiger partial charge in [0.2, 0.25) is 6.79 Å². The third-order valence-corrected chi connectivity index (χ3v) is 8.60. The van der Waals surface area contributed by atoms with E-state index < -0.39 is 0 Å². The van der Waals surface area contributed by atoms with Crippen LogP contribution in [0.2, 0.25) is 0 Å². The van der Waals surface area contributed by atoms with E-state index in [2.05, 4.69) is 26.6 Å². The second-order valence-electron chi connectivity index (χ2n) is 8.45. The number of fused-ring (bicyclic) bond motifs is 3. The molecule has 11 heteroatoms. The molecule has 0 radical (unpaired) electrons. The first-order valence-electron chi connectivity index (χ1n) is 11.4. The molecule has 2 aromatic heterocycles.